The van der Waals surface area contributed by atoms with E-state index in [1.807, 2.05) is 43.5 Å². The molecule has 0 fully saturated rings. The zero-order valence-corrected chi connectivity index (χ0v) is 18.4. The number of ketones is 1. The summed E-state index contributed by atoms with van der Waals surface area (Å²) in [4.78, 5) is 42.8. The highest BCUT2D eigenvalue weighted by Crippen LogP contribution is 2.29. The minimum Gasteiger partial charge on any atom is -0.298 e. The average Bonchev–Trinajstić information content (AvgIpc) is 3.19. The maximum atomic E-state index is 13.4. The van der Waals surface area contributed by atoms with Crippen LogP contribution in [0.1, 0.15) is 36.8 Å². The maximum Gasteiger partial charge on any atom is 0.333 e. The Bertz CT molecular complexity index is 1490. The number of imidazole rings is 2. The first kappa shape index (κ1) is 20.2. The predicted molar refractivity (Wildman–Crippen MR) is 116 cm³/mol. The van der Waals surface area contributed by atoms with Crippen molar-refractivity contribution in [1.82, 2.24) is 23.1 Å². The minimum atomic E-state index is -0.871. The molecule has 0 amide bonds. The Balaban J connectivity index is 2.23. The number of carbonyl (C=O) groups excluding carboxylic acids is 1. The maximum absolute atomic E-state index is 13.4. The molecule has 0 aliphatic heterocycles. The van der Waals surface area contributed by atoms with E-state index in [2.05, 4.69) is 4.98 Å². The van der Waals surface area contributed by atoms with Gasteiger partial charge in [0.1, 0.15) is 0 Å². The molecular formula is C21H22ClN5O3. The third-order valence-electron chi connectivity index (χ3n) is 5.92. The summed E-state index contributed by atoms with van der Waals surface area (Å²) >= 11 is 6.34. The van der Waals surface area contributed by atoms with E-state index in [0.717, 1.165) is 27.2 Å². The second kappa shape index (κ2) is 6.70. The lowest BCUT2D eigenvalue weighted by atomic mass is 10.2. The lowest BCUT2D eigenvalue weighted by Crippen LogP contribution is -2.42. The lowest BCUT2D eigenvalue weighted by Gasteiger charge is -2.13. The van der Waals surface area contributed by atoms with Gasteiger partial charge in [-0.25, -0.2) is 9.36 Å². The Morgan fingerprint density at radius 1 is 1.13 bits per heavy atom. The van der Waals surface area contributed by atoms with Gasteiger partial charge < -0.3 is 0 Å². The Labute approximate surface area is 176 Å². The van der Waals surface area contributed by atoms with Gasteiger partial charge in [-0.15, -0.1) is 0 Å². The molecule has 156 valence electrons. The highest BCUT2D eigenvalue weighted by molar-refractivity contribution is 6.31. The lowest BCUT2D eigenvalue weighted by molar-refractivity contribution is -0.119. The number of Topliss-reactive ketones (excluding diaryl/α,β-unsaturated/α-hetero) is 1. The number of hydrogen-bond donors (Lipinski definition) is 0. The number of rotatable bonds is 3. The van der Waals surface area contributed by atoms with Crippen LogP contribution in [0, 0.1) is 20.8 Å². The molecule has 0 aliphatic rings. The summed E-state index contributed by atoms with van der Waals surface area (Å²) < 4.78 is 5.98. The van der Waals surface area contributed by atoms with E-state index in [0.29, 0.717) is 10.8 Å². The Hall–Kier alpha value is -3.13. The predicted octanol–water partition coefficient (Wildman–Crippen LogP) is 2.87. The van der Waals surface area contributed by atoms with Crippen molar-refractivity contribution in [2.24, 2.45) is 7.05 Å². The molecule has 3 heterocycles. The van der Waals surface area contributed by atoms with Crippen molar-refractivity contribution in [2.45, 2.75) is 40.7 Å². The molecule has 0 bridgehead atoms. The van der Waals surface area contributed by atoms with Crippen molar-refractivity contribution >= 4 is 34.3 Å². The molecule has 3 aromatic heterocycles. The largest absolute Gasteiger partial charge is 0.333 e. The molecule has 0 N–H and O–H groups in total. The van der Waals surface area contributed by atoms with Crippen LogP contribution in [0.25, 0.3) is 22.6 Å². The molecule has 0 aliphatic carbocycles. The molecule has 8 nitrogen and oxygen atoms in total. The van der Waals surface area contributed by atoms with E-state index in [1.165, 1.54) is 11.5 Å². The smallest absolute Gasteiger partial charge is 0.298 e. The number of fused-ring (bicyclic) bond motifs is 3. The standard InChI is InChI=1S/C21H22ClN5O3/c1-10-15(22)8-7-9-16(10)25-11(2)12(3)26-17-18(23-20(25)26)24(6)21(30)27(19(17)29)13(4)14(5)28/h7-9,13H,1-6H3/t13-/m0/s1. The molecule has 0 saturated heterocycles. The number of hydrogen-bond acceptors (Lipinski definition) is 4. The zero-order chi connectivity index (χ0) is 22.1. The summed E-state index contributed by atoms with van der Waals surface area (Å²) in [7, 11) is 1.55. The van der Waals surface area contributed by atoms with Gasteiger partial charge >= 0.3 is 5.69 Å². The van der Waals surface area contributed by atoms with Gasteiger partial charge in [-0.2, -0.15) is 4.98 Å². The van der Waals surface area contributed by atoms with Gasteiger partial charge in [-0.1, -0.05) is 17.7 Å². The Kier molecular flexibility index (Phi) is 4.50. The molecule has 9 heteroatoms. The van der Waals surface area contributed by atoms with Crippen molar-refractivity contribution < 1.29 is 4.79 Å². The molecule has 0 saturated carbocycles. The molecule has 1 atom stereocenters. The van der Waals surface area contributed by atoms with Crippen LogP contribution in [0.4, 0.5) is 0 Å². The van der Waals surface area contributed by atoms with Crippen LogP contribution in [0.15, 0.2) is 27.8 Å². The molecular weight excluding hydrogens is 406 g/mol. The second-order valence-electron chi connectivity index (χ2n) is 7.61. The minimum absolute atomic E-state index is 0.263. The Morgan fingerprint density at radius 3 is 2.43 bits per heavy atom. The van der Waals surface area contributed by atoms with E-state index in [1.54, 1.807) is 18.4 Å². The molecule has 0 unspecified atom stereocenters. The quantitative estimate of drug-likeness (QED) is 0.503. The van der Waals surface area contributed by atoms with E-state index < -0.39 is 17.3 Å². The summed E-state index contributed by atoms with van der Waals surface area (Å²) in [6.45, 7) is 8.66. The van der Waals surface area contributed by atoms with Crippen LogP contribution in [0.2, 0.25) is 5.02 Å². The molecule has 4 rings (SSSR count). The van der Waals surface area contributed by atoms with Crippen LogP contribution in [0.5, 0.6) is 0 Å². The van der Waals surface area contributed by atoms with Crippen molar-refractivity contribution in [1.29, 1.82) is 0 Å². The molecule has 0 spiro atoms. The SMILES string of the molecule is CC(=O)[C@H](C)n1c(=O)c2c(nc3n(-c4cccc(Cl)c4C)c(C)c(C)n23)n(C)c1=O. The third-order valence-corrected chi connectivity index (χ3v) is 6.33. The fourth-order valence-corrected chi connectivity index (χ4v) is 4.04. The summed E-state index contributed by atoms with van der Waals surface area (Å²) in [5.74, 6) is 0.236. The highest BCUT2D eigenvalue weighted by Gasteiger charge is 2.26. The van der Waals surface area contributed by atoms with Crippen LogP contribution in [-0.4, -0.2) is 28.9 Å². The fourth-order valence-electron chi connectivity index (χ4n) is 3.87. The van der Waals surface area contributed by atoms with Crippen LogP contribution in [0.3, 0.4) is 0 Å². The highest BCUT2D eigenvalue weighted by atomic mass is 35.5. The number of aryl methyl sites for hydroxylation is 2. The van der Waals surface area contributed by atoms with Gasteiger partial charge in [0.25, 0.3) is 5.56 Å². The van der Waals surface area contributed by atoms with E-state index in [-0.39, 0.29) is 16.9 Å². The summed E-state index contributed by atoms with van der Waals surface area (Å²) in [5, 5.41) is 0.623. The van der Waals surface area contributed by atoms with Crippen molar-refractivity contribution in [3.05, 3.63) is 61.0 Å². The van der Waals surface area contributed by atoms with Crippen molar-refractivity contribution in [3.63, 3.8) is 0 Å². The van der Waals surface area contributed by atoms with Gasteiger partial charge in [0.05, 0.1) is 11.7 Å². The van der Waals surface area contributed by atoms with Gasteiger partial charge in [0.2, 0.25) is 5.78 Å². The molecule has 0 radical (unpaired) electrons. The summed E-state index contributed by atoms with van der Waals surface area (Å²) in [5.41, 5.74) is 2.85. The van der Waals surface area contributed by atoms with Crippen LogP contribution >= 0.6 is 11.6 Å². The topological polar surface area (TPSA) is 83.3 Å². The number of nitrogens with zero attached hydrogens (tertiary/aromatic N) is 5. The number of carbonyl (C=O) groups is 1. The van der Waals surface area contributed by atoms with Crippen molar-refractivity contribution in [3.8, 4) is 5.69 Å². The first-order valence-corrected chi connectivity index (χ1v) is 9.93. The molecule has 4 aromatic rings. The second-order valence-corrected chi connectivity index (χ2v) is 8.02. The summed E-state index contributed by atoms with van der Waals surface area (Å²) in [6.07, 6.45) is 0. The van der Waals surface area contributed by atoms with Crippen LogP contribution < -0.4 is 11.2 Å². The fraction of sp³-hybridized carbons (Fsp3) is 0.333. The van der Waals surface area contributed by atoms with Crippen LogP contribution in [-0.2, 0) is 11.8 Å². The first-order chi connectivity index (χ1) is 14.1. The monoisotopic (exact) mass is 427 g/mol. The molecule has 1 aromatic carbocycles. The number of aromatic nitrogens is 5. The van der Waals surface area contributed by atoms with E-state index in [4.69, 9.17) is 11.6 Å². The molecule has 30 heavy (non-hydrogen) atoms. The van der Waals surface area contributed by atoms with E-state index in [9.17, 15) is 14.4 Å². The van der Waals surface area contributed by atoms with Gasteiger partial charge in [-0.05, 0) is 52.3 Å². The first-order valence-electron chi connectivity index (χ1n) is 9.55. The summed E-state index contributed by atoms with van der Waals surface area (Å²) in [6, 6.07) is 4.74. The average molecular weight is 428 g/mol. The zero-order valence-electron chi connectivity index (χ0n) is 17.6. The number of benzene rings is 1. The Morgan fingerprint density at radius 2 is 1.80 bits per heavy atom. The van der Waals surface area contributed by atoms with Gasteiger partial charge in [-0.3, -0.25) is 23.1 Å². The van der Waals surface area contributed by atoms with Gasteiger partial charge in [0.15, 0.2) is 16.9 Å². The van der Waals surface area contributed by atoms with Gasteiger partial charge in [0, 0.05) is 23.5 Å². The normalized spacial score (nSPS) is 12.8. The van der Waals surface area contributed by atoms with E-state index >= 15 is 0 Å². The van der Waals surface area contributed by atoms with Crippen molar-refractivity contribution in [2.75, 3.05) is 0 Å². The third kappa shape index (κ3) is 2.53. The number of halogens is 1.